The van der Waals surface area contributed by atoms with Crippen LogP contribution in [0.2, 0.25) is 0 Å². The van der Waals surface area contributed by atoms with Gasteiger partial charge in [0.25, 0.3) is 0 Å². The van der Waals surface area contributed by atoms with Crippen LogP contribution in [-0.4, -0.2) is 52.3 Å². The van der Waals surface area contributed by atoms with E-state index in [-0.39, 0.29) is 5.16 Å². The van der Waals surface area contributed by atoms with Crippen molar-refractivity contribution in [1.29, 1.82) is 0 Å². The molecule has 1 saturated heterocycles. The van der Waals surface area contributed by atoms with Crippen molar-refractivity contribution >= 4 is 49.2 Å². The molecule has 0 bridgehead atoms. The van der Waals surface area contributed by atoms with Crippen molar-refractivity contribution in [1.82, 2.24) is 4.90 Å². The molecule has 1 aliphatic carbocycles. The number of nitrogens with one attached hydrogen (secondary N) is 1. The third-order valence-corrected chi connectivity index (χ3v) is 8.18. The van der Waals surface area contributed by atoms with Gasteiger partial charge in [0.05, 0.1) is 0 Å². The second-order valence-corrected chi connectivity index (χ2v) is 11.0. The summed E-state index contributed by atoms with van der Waals surface area (Å²) in [6, 6.07) is 7.83. The van der Waals surface area contributed by atoms with Crippen LogP contribution in [0.5, 0.6) is 5.75 Å². The highest BCUT2D eigenvalue weighted by Gasteiger charge is 2.26. The van der Waals surface area contributed by atoms with Gasteiger partial charge in [-0.3, -0.25) is 4.90 Å². The fourth-order valence-corrected chi connectivity index (χ4v) is 5.82. The maximum atomic E-state index is 6.13. The zero-order chi connectivity index (χ0) is 21.2. The Morgan fingerprint density at radius 2 is 1.80 bits per heavy atom. The number of rotatable bonds is 7. The molecule has 166 valence electrons. The van der Waals surface area contributed by atoms with E-state index in [0.29, 0.717) is 10.3 Å². The summed E-state index contributed by atoms with van der Waals surface area (Å²) in [5, 5.41) is 4.34. The highest BCUT2D eigenvalue weighted by Crippen LogP contribution is 2.37. The number of ether oxygens (including phenoxy) is 1. The van der Waals surface area contributed by atoms with Crippen molar-refractivity contribution in [2.45, 2.75) is 56.5 Å². The van der Waals surface area contributed by atoms with Crippen molar-refractivity contribution < 1.29 is 4.74 Å². The minimum absolute atomic E-state index is 0.279. The fraction of sp³-hybridized carbons (Fsp3) is 0.636. The third kappa shape index (κ3) is 8.33. The van der Waals surface area contributed by atoms with E-state index in [0.717, 1.165) is 30.3 Å². The molecule has 2 aliphatic rings. The van der Waals surface area contributed by atoms with E-state index in [2.05, 4.69) is 24.4 Å². The Hall–Kier alpha value is -0.880. The summed E-state index contributed by atoms with van der Waals surface area (Å²) in [5.41, 5.74) is 7.01. The van der Waals surface area contributed by atoms with Crippen molar-refractivity contribution in [2.24, 2.45) is 10.7 Å². The van der Waals surface area contributed by atoms with Gasteiger partial charge in [0.1, 0.15) is 12.4 Å². The van der Waals surface area contributed by atoms with Gasteiger partial charge in [0, 0.05) is 18.0 Å². The predicted octanol–water partition coefficient (Wildman–Crippen LogP) is 4.87. The van der Waals surface area contributed by atoms with Gasteiger partial charge in [-0.1, -0.05) is 37.4 Å². The Labute approximate surface area is 193 Å². The van der Waals surface area contributed by atoms with Gasteiger partial charge in [0.15, 0.2) is 10.3 Å². The zero-order valence-electron chi connectivity index (χ0n) is 17.8. The number of hydrogen-bond donors (Lipinski definition) is 2. The van der Waals surface area contributed by atoms with Crippen LogP contribution in [-0.2, 0) is 0 Å². The van der Waals surface area contributed by atoms with Gasteiger partial charge < -0.3 is 15.8 Å². The number of hydrogen-bond acceptors (Lipinski definition) is 4. The predicted molar refractivity (Wildman–Crippen MR) is 138 cm³/mol. The van der Waals surface area contributed by atoms with E-state index in [9.17, 15) is 0 Å². The molecular formula is C22H35N4OPS2. The lowest BCUT2D eigenvalue weighted by atomic mass is 10.0. The van der Waals surface area contributed by atoms with E-state index in [1.807, 2.05) is 24.3 Å². The van der Waals surface area contributed by atoms with Gasteiger partial charge in [-0.2, -0.15) is 4.99 Å². The third-order valence-electron chi connectivity index (χ3n) is 5.80. The van der Waals surface area contributed by atoms with E-state index in [4.69, 9.17) is 22.7 Å². The van der Waals surface area contributed by atoms with Crippen molar-refractivity contribution in [3.63, 3.8) is 0 Å². The largest absolute Gasteiger partial charge is 0.492 e. The normalized spacial score (nSPS) is 20.0. The molecule has 1 atom stereocenters. The first kappa shape index (κ1) is 23.8. The number of thioether (sulfide) groups is 1. The number of amidine groups is 1. The van der Waals surface area contributed by atoms with Crippen LogP contribution in [0.25, 0.3) is 0 Å². The second-order valence-electron chi connectivity index (χ2n) is 8.37. The molecular weight excluding hydrogens is 431 g/mol. The molecule has 5 nitrogen and oxygen atoms in total. The first-order valence-electron chi connectivity index (χ1n) is 11.0. The average molecular weight is 467 g/mol. The van der Waals surface area contributed by atoms with Crippen LogP contribution in [0.3, 0.4) is 0 Å². The summed E-state index contributed by atoms with van der Waals surface area (Å²) in [7, 11) is 3.07. The topological polar surface area (TPSA) is 62.9 Å². The van der Waals surface area contributed by atoms with Crippen molar-refractivity contribution in [2.75, 3.05) is 37.3 Å². The minimum Gasteiger partial charge on any atom is -0.492 e. The van der Waals surface area contributed by atoms with Crippen LogP contribution < -0.4 is 15.8 Å². The van der Waals surface area contributed by atoms with Crippen LogP contribution >= 0.6 is 33.2 Å². The summed E-state index contributed by atoms with van der Waals surface area (Å²) in [4.78, 5) is 6.81. The molecule has 1 unspecified atom stereocenters. The molecule has 8 heteroatoms. The lowest BCUT2D eigenvalue weighted by Crippen LogP contribution is -2.25. The molecule has 3 N–H and O–H groups in total. The Balaban J connectivity index is 1.39. The first-order valence-corrected chi connectivity index (χ1v) is 13.0. The Bertz CT molecular complexity index is 700. The average Bonchev–Trinajstić information content (AvgIpc) is 3.15. The van der Waals surface area contributed by atoms with Crippen LogP contribution in [0, 0.1) is 0 Å². The molecule has 2 fully saturated rings. The number of anilines is 1. The number of benzene rings is 1. The molecule has 0 spiro atoms. The van der Waals surface area contributed by atoms with Gasteiger partial charge in [-0.05, 0) is 80.4 Å². The molecule has 30 heavy (non-hydrogen) atoms. The van der Waals surface area contributed by atoms with Crippen molar-refractivity contribution in [3.8, 4) is 5.75 Å². The first-order chi connectivity index (χ1) is 14.5. The van der Waals surface area contributed by atoms with E-state index in [1.165, 1.54) is 64.5 Å². The highest BCUT2D eigenvalue weighted by molar-refractivity contribution is 8.14. The van der Waals surface area contributed by atoms with Crippen LogP contribution in [0.1, 0.15) is 51.4 Å². The highest BCUT2D eigenvalue weighted by atomic mass is 32.2. The minimum atomic E-state index is 0.279. The number of thiocarbonyl (C=S) groups is 1. The maximum Gasteiger partial charge on any atom is 0.199 e. The van der Waals surface area contributed by atoms with Gasteiger partial charge >= 0.3 is 0 Å². The molecule has 1 aromatic carbocycles. The molecule has 0 radical (unpaired) electrons. The molecule has 0 amide bonds. The van der Waals surface area contributed by atoms with Crippen LogP contribution in [0.4, 0.5) is 5.69 Å². The van der Waals surface area contributed by atoms with Crippen LogP contribution in [0.15, 0.2) is 29.3 Å². The summed E-state index contributed by atoms with van der Waals surface area (Å²) < 4.78 is 5.85. The SMILES string of the molecule is NC(=NC(=S)Nc1ccc(OCCN2CCCC2)cc1)SCC1(P)CCCCCC1. The van der Waals surface area contributed by atoms with Gasteiger partial charge in [-0.15, -0.1) is 9.24 Å². The monoisotopic (exact) mass is 466 g/mol. The number of nitrogens with two attached hydrogens (primary N) is 1. The Morgan fingerprint density at radius 3 is 2.47 bits per heavy atom. The number of likely N-dealkylation sites (tertiary alicyclic amines) is 1. The lowest BCUT2D eigenvalue weighted by molar-refractivity contribution is 0.238. The molecule has 1 aliphatic heterocycles. The second kappa shape index (κ2) is 12.2. The molecule has 0 aromatic heterocycles. The van der Waals surface area contributed by atoms with E-state index in [1.54, 1.807) is 11.8 Å². The molecule has 1 saturated carbocycles. The smallest absolute Gasteiger partial charge is 0.199 e. The Kier molecular flexibility index (Phi) is 9.69. The standard InChI is InChI=1S/C22H35N4OPS2/c23-20(30-17-22(28)11-3-1-2-4-12-22)25-21(29)24-18-7-9-19(10-8-18)27-16-15-26-13-5-6-14-26/h7-10H,1-6,11-17,28H2,(H3,23,24,25,29). The molecule has 3 rings (SSSR count). The van der Waals surface area contributed by atoms with Gasteiger partial charge in [0.2, 0.25) is 0 Å². The Morgan fingerprint density at radius 1 is 1.13 bits per heavy atom. The van der Waals surface area contributed by atoms with Crippen molar-refractivity contribution in [3.05, 3.63) is 24.3 Å². The zero-order valence-corrected chi connectivity index (χ0v) is 20.6. The number of nitrogens with zero attached hydrogens (tertiary/aromatic N) is 2. The quantitative estimate of drug-likeness (QED) is 0.196. The summed E-state index contributed by atoms with van der Waals surface area (Å²) in [5.74, 6) is 1.84. The van der Waals surface area contributed by atoms with E-state index >= 15 is 0 Å². The molecule has 1 heterocycles. The lowest BCUT2D eigenvalue weighted by Gasteiger charge is -2.27. The van der Waals surface area contributed by atoms with Gasteiger partial charge in [-0.25, -0.2) is 0 Å². The molecule has 1 aromatic rings. The fourth-order valence-electron chi connectivity index (χ4n) is 4.01. The summed E-state index contributed by atoms with van der Waals surface area (Å²) in [6.45, 7) is 4.11. The summed E-state index contributed by atoms with van der Waals surface area (Å²) >= 11 is 6.97. The number of aliphatic imine (C=N–C) groups is 1. The maximum absolute atomic E-state index is 6.13. The summed E-state index contributed by atoms with van der Waals surface area (Å²) in [6.07, 6.45) is 10.4. The van der Waals surface area contributed by atoms with E-state index < -0.39 is 0 Å².